The smallest absolute Gasteiger partial charge is 0.137 e. The standard InChI is InChI=1S/C12H15BrFNO/c1-12(4-5-16-8-12)15-7-9-2-3-11(14)10(13)6-9/h2-3,6,15H,4-5,7-8H2,1H3. The van der Waals surface area contributed by atoms with E-state index in [9.17, 15) is 4.39 Å². The molecule has 0 aromatic heterocycles. The Morgan fingerprint density at radius 1 is 1.56 bits per heavy atom. The van der Waals surface area contributed by atoms with Crippen molar-refractivity contribution in [3.63, 3.8) is 0 Å². The molecule has 1 aromatic rings. The van der Waals surface area contributed by atoms with Crippen molar-refractivity contribution in [3.8, 4) is 0 Å². The lowest BCUT2D eigenvalue weighted by molar-refractivity contribution is 0.171. The predicted molar refractivity (Wildman–Crippen MR) is 64.8 cm³/mol. The summed E-state index contributed by atoms with van der Waals surface area (Å²) in [6.45, 7) is 4.45. The molecule has 4 heteroatoms. The molecule has 1 unspecified atom stereocenters. The first-order valence-electron chi connectivity index (χ1n) is 5.36. The molecule has 0 radical (unpaired) electrons. The van der Waals surface area contributed by atoms with Crippen LogP contribution in [-0.2, 0) is 11.3 Å². The number of ether oxygens (including phenoxy) is 1. The van der Waals surface area contributed by atoms with Gasteiger partial charge in [-0.3, -0.25) is 0 Å². The van der Waals surface area contributed by atoms with Gasteiger partial charge in [0.1, 0.15) is 5.82 Å². The molecule has 88 valence electrons. The van der Waals surface area contributed by atoms with Crippen molar-refractivity contribution in [1.82, 2.24) is 5.32 Å². The second-order valence-electron chi connectivity index (χ2n) is 4.47. The van der Waals surface area contributed by atoms with Crippen LogP contribution in [0.5, 0.6) is 0 Å². The van der Waals surface area contributed by atoms with Crippen LogP contribution in [0.3, 0.4) is 0 Å². The molecule has 1 heterocycles. The van der Waals surface area contributed by atoms with Crippen LogP contribution < -0.4 is 5.32 Å². The highest BCUT2D eigenvalue weighted by molar-refractivity contribution is 9.10. The largest absolute Gasteiger partial charge is 0.379 e. The highest BCUT2D eigenvalue weighted by atomic mass is 79.9. The summed E-state index contributed by atoms with van der Waals surface area (Å²) in [6, 6.07) is 5.09. The molecule has 2 rings (SSSR count). The van der Waals surface area contributed by atoms with E-state index in [0.29, 0.717) is 4.47 Å². The molecule has 2 nitrogen and oxygen atoms in total. The summed E-state index contributed by atoms with van der Waals surface area (Å²) < 4.78 is 18.9. The summed E-state index contributed by atoms with van der Waals surface area (Å²) in [5, 5.41) is 3.45. The van der Waals surface area contributed by atoms with Crippen LogP contribution in [0.1, 0.15) is 18.9 Å². The quantitative estimate of drug-likeness (QED) is 0.923. The van der Waals surface area contributed by atoms with E-state index in [1.54, 1.807) is 6.07 Å². The topological polar surface area (TPSA) is 21.3 Å². The maximum Gasteiger partial charge on any atom is 0.137 e. The van der Waals surface area contributed by atoms with Crippen LogP contribution in [0.15, 0.2) is 22.7 Å². The van der Waals surface area contributed by atoms with Crippen LogP contribution in [-0.4, -0.2) is 18.8 Å². The van der Waals surface area contributed by atoms with Gasteiger partial charge >= 0.3 is 0 Å². The third-order valence-corrected chi connectivity index (χ3v) is 3.53. The first-order chi connectivity index (χ1) is 7.59. The number of hydrogen-bond acceptors (Lipinski definition) is 2. The lowest BCUT2D eigenvalue weighted by atomic mass is 10.0. The van der Waals surface area contributed by atoms with Gasteiger partial charge in [0, 0.05) is 18.7 Å². The fourth-order valence-corrected chi connectivity index (χ4v) is 2.20. The number of hydrogen-bond donors (Lipinski definition) is 1. The van der Waals surface area contributed by atoms with Crippen LogP contribution in [0.25, 0.3) is 0 Å². The zero-order valence-electron chi connectivity index (χ0n) is 9.22. The average Bonchev–Trinajstić information content (AvgIpc) is 2.68. The van der Waals surface area contributed by atoms with Crippen LogP contribution >= 0.6 is 15.9 Å². The molecule has 0 bridgehead atoms. The Morgan fingerprint density at radius 2 is 2.38 bits per heavy atom. The zero-order chi connectivity index (χ0) is 11.6. The fraction of sp³-hybridized carbons (Fsp3) is 0.500. The second kappa shape index (κ2) is 4.82. The van der Waals surface area contributed by atoms with Gasteiger partial charge in [-0.2, -0.15) is 0 Å². The van der Waals surface area contributed by atoms with Crippen molar-refractivity contribution in [3.05, 3.63) is 34.1 Å². The normalized spacial score (nSPS) is 24.9. The van der Waals surface area contributed by atoms with Crippen LogP contribution in [0.4, 0.5) is 4.39 Å². The van der Waals surface area contributed by atoms with Gasteiger partial charge in [0.2, 0.25) is 0 Å². The van der Waals surface area contributed by atoms with Gasteiger partial charge in [-0.15, -0.1) is 0 Å². The molecular weight excluding hydrogens is 273 g/mol. The summed E-state index contributed by atoms with van der Waals surface area (Å²) in [6.07, 6.45) is 1.02. The molecule has 1 fully saturated rings. The van der Waals surface area contributed by atoms with E-state index in [2.05, 4.69) is 28.2 Å². The van der Waals surface area contributed by atoms with Crippen LogP contribution in [0, 0.1) is 5.82 Å². The van der Waals surface area contributed by atoms with E-state index in [0.717, 1.165) is 31.7 Å². The molecule has 1 aliphatic heterocycles. The SMILES string of the molecule is CC1(NCc2ccc(F)c(Br)c2)CCOC1. The monoisotopic (exact) mass is 287 g/mol. The van der Waals surface area contributed by atoms with Gasteiger partial charge < -0.3 is 10.1 Å². The molecule has 1 aliphatic rings. The van der Waals surface area contributed by atoms with Gasteiger partial charge in [0.15, 0.2) is 0 Å². The minimum absolute atomic E-state index is 0.0564. The molecule has 0 amide bonds. The molecule has 0 spiro atoms. The predicted octanol–water partition coefficient (Wildman–Crippen LogP) is 2.86. The van der Waals surface area contributed by atoms with E-state index in [-0.39, 0.29) is 11.4 Å². The molecule has 0 saturated carbocycles. The number of halogens is 2. The molecule has 0 aliphatic carbocycles. The van der Waals surface area contributed by atoms with Crippen molar-refractivity contribution >= 4 is 15.9 Å². The first kappa shape index (κ1) is 12.0. The maximum atomic E-state index is 13.0. The van der Waals surface area contributed by atoms with Gasteiger partial charge in [0.05, 0.1) is 11.1 Å². The van der Waals surface area contributed by atoms with Gasteiger partial charge in [-0.1, -0.05) is 6.07 Å². The van der Waals surface area contributed by atoms with Crippen LogP contribution in [0.2, 0.25) is 0 Å². The average molecular weight is 288 g/mol. The lowest BCUT2D eigenvalue weighted by Gasteiger charge is -2.23. The summed E-state index contributed by atoms with van der Waals surface area (Å²) in [5.41, 5.74) is 1.13. The summed E-state index contributed by atoms with van der Waals surface area (Å²) in [4.78, 5) is 0. The first-order valence-corrected chi connectivity index (χ1v) is 6.15. The van der Waals surface area contributed by atoms with Crippen molar-refractivity contribution in [1.29, 1.82) is 0 Å². The summed E-state index contributed by atoms with van der Waals surface area (Å²) in [5.74, 6) is -0.223. The summed E-state index contributed by atoms with van der Waals surface area (Å²) >= 11 is 3.19. The van der Waals surface area contributed by atoms with Crippen molar-refractivity contribution in [2.24, 2.45) is 0 Å². The fourth-order valence-electron chi connectivity index (χ4n) is 1.77. The molecule has 1 saturated heterocycles. The van der Waals surface area contributed by atoms with Crippen molar-refractivity contribution in [2.75, 3.05) is 13.2 Å². The second-order valence-corrected chi connectivity index (χ2v) is 5.32. The third-order valence-electron chi connectivity index (χ3n) is 2.92. The molecular formula is C12H15BrFNO. The maximum absolute atomic E-state index is 13.0. The van der Waals surface area contributed by atoms with E-state index in [4.69, 9.17) is 4.74 Å². The zero-order valence-corrected chi connectivity index (χ0v) is 10.8. The Hall–Kier alpha value is -0.450. The Kier molecular flexibility index (Phi) is 3.62. The Balaban J connectivity index is 1.96. The lowest BCUT2D eigenvalue weighted by Crippen LogP contribution is -2.42. The highest BCUT2D eigenvalue weighted by Gasteiger charge is 2.28. The number of rotatable bonds is 3. The minimum Gasteiger partial charge on any atom is -0.379 e. The van der Waals surface area contributed by atoms with Gasteiger partial charge in [-0.25, -0.2) is 4.39 Å². The van der Waals surface area contributed by atoms with E-state index in [1.807, 2.05) is 6.07 Å². The number of nitrogens with one attached hydrogen (secondary N) is 1. The third kappa shape index (κ3) is 2.81. The molecule has 1 atom stereocenters. The summed E-state index contributed by atoms with van der Waals surface area (Å²) in [7, 11) is 0. The van der Waals surface area contributed by atoms with Crippen molar-refractivity contribution in [2.45, 2.75) is 25.4 Å². The molecule has 1 N–H and O–H groups in total. The van der Waals surface area contributed by atoms with Gasteiger partial charge in [-0.05, 0) is 47.0 Å². The highest BCUT2D eigenvalue weighted by Crippen LogP contribution is 2.20. The minimum atomic E-state index is -0.223. The Bertz CT molecular complexity index is 377. The van der Waals surface area contributed by atoms with E-state index in [1.165, 1.54) is 6.07 Å². The van der Waals surface area contributed by atoms with Gasteiger partial charge in [0.25, 0.3) is 0 Å². The van der Waals surface area contributed by atoms with E-state index >= 15 is 0 Å². The molecule has 16 heavy (non-hydrogen) atoms. The van der Waals surface area contributed by atoms with Crippen molar-refractivity contribution < 1.29 is 9.13 Å². The Morgan fingerprint density at radius 3 is 3.00 bits per heavy atom. The van der Waals surface area contributed by atoms with E-state index < -0.39 is 0 Å². The Labute approximate surface area is 103 Å². The number of benzene rings is 1. The molecule has 1 aromatic carbocycles.